The lowest BCUT2D eigenvalue weighted by Gasteiger charge is -2.25. The monoisotopic (exact) mass is 438 g/mol. The van der Waals surface area contributed by atoms with E-state index in [4.69, 9.17) is 0 Å². The number of hydrogen-bond donors (Lipinski definition) is 0. The molecule has 3 aromatic rings. The van der Waals surface area contributed by atoms with Crippen LogP contribution in [0, 0.1) is 6.92 Å². The predicted octanol–water partition coefficient (Wildman–Crippen LogP) is 6.88. The van der Waals surface area contributed by atoms with E-state index < -0.39 is 10.0 Å². The van der Waals surface area contributed by atoms with Crippen LogP contribution in [0.25, 0.3) is 10.9 Å². The van der Waals surface area contributed by atoms with E-state index in [1.165, 1.54) is 32.1 Å². The van der Waals surface area contributed by atoms with Gasteiger partial charge >= 0.3 is 0 Å². The molecule has 0 saturated heterocycles. The molecule has 4 nitrogen and oxygen atoms in total. The first-order valence-corrected chi connectivity index (χ1v) is 12.9. The number of unbranched alkanes of at least 4 members (excludes halogenated alkanes) is 7. The highest BCUT2D eigenvalue weighted by molar-refractivity contribution is 7.92. The summed E-state index contributed by atoms with van der Waals surface area (Å²) in [5, 5.41) is 0.944. The molecule has 2 aromatic carbocycles. The van der Waals surface area contributed by atoms with Crippen molar-refractivity contribution in [3.05, 3.63) is 66.4 Å². The van der Waals surface area contributed by atoms with Crippen molar-refractivity contribution in [3.63, 3.8) is 0 Å². The Hall–Kier alpha value is -2.40. The quantitative estimate of drug-likeness (QED) is 0.290. The van der Waals surface area contributed by atoms with Crippen LogP contribution in [0.4, 0.5) is 5.69 Å². The molecule has 0 bridgehead atoms. The normalized spacial score (nSPS) is 11.7. The second kappa shape index (κ2) is 11.3. The summed E-state index contributed by atoms with van der Waals surface area (Å²) >= 11 is 0. The highest BCUT2D eigenvalue weighted by Crippen LogP contribution is 2.30. The minimum absolute atomic E-state index is 0.325. The largest absolute Gasteiger partial charge is 0.264 e. The molecule has 0 radical (unpaired) electrons. The van der Waals surface area contributed by atoms with Crippen molar-refractivity contribution >= 4 is 26.6 Å². The number of aromatic nitrogens is 1. The highest BCUT2D eigenvalue weighted by Gasteiger charge is 2.26. The number of nitrogens with zero attached hydrogens (tertiary/aromatic N) is 2. The predicted molar refractivity (Wildman–Crippen MR) is 130 cm³/mol. The summed E-state index contributed by atoms with van der Waals surface area (Å²) < 4.78 is 28.8. The smallest absolute Gasteiger partial charge is 0.264 e. The zero-order valence-electron chi connectivity index (χ0n) is 18.8. The van der Waals surface area contributed by atoms with Crippen molar-refractivity contribution in [2.45, 2.75) is 70.1 Å². The molecule has 0 N–H and O–H groups in total. The zero-order chi connectivity index (χ0) is 22.1. The summed E-state index contributed by atoms with van der Waals surface area (Å²) in [5.41, 5.74) is 2.42. The van der Waals surface area contributed by atoms with Crippen LogP contribution in [0.3, 0.4) is 0 Å². The zero-order valence-corrected chi connectivity index (χ0v) is 19.6. The molecule has 0 aliphatic carbocycles. The lowest BCUT2D eigenvalue weighted by molar-refractivity contribution is 0.569. The highest BCUT2D eigenvalue weighted by atomic mass is 32.2. The van der Waals surface area contributed by atoms with Crippen molar-refractivity contribution < 1.29 is 8.42 Å². The number of pyridine rings is 1. The number of rotatable bonds is 12. The van der Waals surface area contributed by atoms with Gasteiger partial charge in [0.15, 0.2) is 0 Å². The van der Waals surface area contributed by atoms with Crippen molar-refractivity contribution in [2.75, 3.05) is 10.8 Å². The van der Waals surface area contributed by atoms with Gasteiger partial charge in [0.05, 0.1) is 16.1 Å². The Labute approximate surface area is 187 Å². The maximum atomic E-state index is 13.6. The number of fused-ring (bicyclic) bond motifs is 1. The summed E-state index contributed by atoms with van der Waals surface area (Å²) in [6.07, 6.45) is 11.1. The Morgan fingerprint density at radius 2 is 1.45 bits per heavy atom. The third kappa shape index (κ3) is 6.07. The van der Waals surface area contributed by atoms with E-state index in [1.807, 2.05) is 49.4 Å². The average Bonchev–Trinajstić information content (AvgIpc) is 2.78. The topological polar surface area (TPSA) is 50.3 Å². The van der Waals surface area contributed by atoms with Crippen molar-refractivity contribution in [1.82, 2.24) is 4.98 Å². The van der Waals surface area contributed by atoms with Gasteiger partial charge in [-0.25, -0.2) is 8.42 Å². The molecule has 0 unspecified atom stereocenters. The molecular weight excluding hydrogens is 404 g/mol. The minimum Gasteiger partial charge on any atom is -0.264 e. The minimum atomic E-state index is -3.67. The number of anilines is 1. The molecule has 0 spiro atoms. The first-order valence-electron chi connectivity index (χ1n) is 11.5. The fourth-order valence-electron chi connectivity index (χ4n) is 3.89. The van der Waals surface area contributed by atoms with Gasteiger partial charge in [0.25, 0.3) is 10.0 Å². The molecule has 0 atom stereocenters. The van der Waals surface area contributed by atoms with Gasteiger partial charge in [-0.1, -0.05) is 87.8 Å². The molecule has 31 heavy (non-hydrogen) atoms. The van der Waals surface area contributed by atoms with Crippen LogP contribution in [-0.4, -0.2) is 19.9 Å². The Kier molecular flexibility index (Phi) is 8.47. The van der Waals surface area contributed by atoms with Gasteiger partial charge in [-0.15, -0.1) is 0 Å². The van der Waals surface area contributed by atoms with E-state index in [2.05, 4.69) is 11.9 Å². The van der Waals surface area contributed by atoms with E-state index >= 15 is 0 Å². The fraction of sp³-hybridized carbons (Fsp3) is 0.423. The summed E-state index contributed by atoms with van der Waals surface area (Å²) in [7, 11) is -3.67. The van der Waals surface area contributed by atoms with Crippen LogP contribution in [0.15, 0.2) is 65.7 Å². The second-order valence-corrected chi connectivity index (χ2v) is 10.1. The molecule has 1 heterocycles. The Balaban J connectivity index is 1.82. The lowest BCUT2D eigenvalue weighted by Crippen LogP contribution is -2.32. The first-order chi connectivity index (χ1) is 15.0. The Morgan fingerprint density at radius 1 is 0.806 bits per heavy atom. The molecule has 1 aromatic heterocycles. The van der Waals surface area contributed by atoms with Gasteiger partial charge in [0.1, 0.15) is 0 Å². The van der Waals surface area contributed by atoms with Crippen LogP contribution >= 0.6 is 0 Å². The van der Waals surface area contributed by atoms with E-state index in [0.29, 0.717) is 17.1 Å². The maximum absolute atomic E-state index is 13.6. The average molecular weight is 439 g/mol. The second-order valence-electron chi connectivity index (χ2n) is 8.22. The third-order valence-corrected chi connectivity index (χ3v) is 7.53. The van der Waals surface area contributed by atoms with Crippen LogP contribution in [0.1, 0.15) is 63.9 Å². The molecular formula is C26H34N2O2S. The molecule has 0 aliphatic heterocycles. The van der Waals surface area contributed by atoms with E-state index in [0.717, 1.165) is 35.7 Å². The summed E-state index contributed by atoms with van der Waals surface area (Å²) in [6, 6.07) is 16.7. The number of para-hydroxylation sites is 1. The molecule has 3 rings (SSSR count). The standard InChI is InChI=1S/C26H34N2O2S/c1-3-4-5-6-7-8-9-10-21-28(31(29,30)24-18-16-22(2)17-19-24)25-15-11-13-23-14-12-20-27-26(23)25/h11-20H,3-10,21H2,1-2H3. The molecule has 0 amide bonds. The van der Waals surface area contributed by atoms with E-state index in [1.54, 1.807) is 22.6 Å². The number of sulfonamides is 1. The van der Waals surface area contributed by atoms with Crippen LogP contribution < -0.4 is 4.31 Å². The van der Waals surface area contributed by atoms with E-state index in [-0.39, 0.29) is 0 Å². The molecule has 0 aliphatic rings. The molecule has 0 fully saturated rings. The summed E-state index contributed by atoms with van der Waals surface area (Å²) in [4.78, 5) is 4.83. The van der Waals surface area contributed by atoms with Gasteiger partial charge in [-0.05, 0) is 37.6 Å². The van der Waals surface area contributed by atoms with Crippen LogP contribution in [0.5, 0.6) is 0 Å². The third-order valence-electron chi connectivity index (χ3n) is 5.70. The number of hydrogen-bond acceptors (Lipinski definition) is 3. The van der Waals surface area contributed by atoms with E-state index in [9.17, 15) is 8.42 Å². The number of benzene rings is 2. The molecule has 0 saturated carbocycles. The fourth-order valence-corrected chi connectivity index (χ4v) is 5.40. The maximum Gasteiger partial charge on any atom is 0.264 e. The van der Waals surface area contributed by atoms with Gasteiger partial charge in [0, 0.05) is 18.1 Å². The van der Waals surface area contributed by atoms with Crippen LogP contribution in [-0.2, 0) is 10.0 Å². The van der Waals surface area contributed by atoms with Gasteiger partial charge in [-0.3, -0.25) is 9.29 Å². The SMILES string of the molecule is CCCCCCCCCCN(c1cccc2cccnc12)S(=O)(=O)c1ccc(C)cc1. The summed E-state index contributed by atoms with van der Waals surface area (Å²) in [6.45, 7) is 4.65. The van der Waals surface area contributed by atoms with Crippen LogP contribution in [0.2, 0.25) is 0 Å². The Morgan fingerprint density at radius 3 is 2.16 bits per heavy atom. The first kappa shape index (κ1) is 23.3. The molecule has 5 heteroatoms. The van der Waals surface area contributed by atoms with Gasteiger partial charge in [-0.2, -0.15) is 0 Å². The van der Waals surface area contributed by atoms with Crippen molar-refractivity contribution in [3.8, 4) is 0 Å². The summed E-state index contributed by atoms with van der Waals surface area (Å²) in [5.74, 6) is 0. The van der Waals surface area contributed by atoms with Crippen molar-refractivity contribution in [2.24, 2.45) is 0 Å². The van der Waals surface area contributed by atoms with Gasteiger partial charge in [0.2, 0.25) is 0 Å². The lowest BCUT2D eigenvalue weighted by atomic mass is 10.1. The Bertz CT molecular complexity index is 1060. The van der Waals surface area contributed by atoms with Crippen molar-refractivity contribution in [1.29, 1.82) is 0 Å². The molecule has 166 valence electrons. The number of aryl methyl sites for hydroxylation is 1. The van der Waals surface area contributed by atoms with Gasteiger partial charge < -0.3 is 0 Å².